The summed E-state index contributed by atoms with van der Waals surface area (Å²) in [5.41, 5.74) is -0.0898. The summed E-state index contributed by atoms with van der Waals surface area (Å²) in [4.78, 5) is 2.23. The fraction of sp³-hybridized carbons (Fsp3) is 0.667. The average molecular weight is 325 g/mol. The molecule has 0 saturated carbocycles. The fourth-order valence-electron chi connectivity index (χ4n) is 3.37. The van der Waals surface area contributed by atoms with Gasteiger partial charge in [-0.2, -0.15) is 0 Å². The molecule has 3 N–H and O–H groups in total. The van der Waals surface area contributed by atoms with E-state index in [0.717, 1.165) is 25.1 Å². The van der Waals surface area contributed by atoms with E-state index in [1.807, 2.05) is 0 Å². The van der Waals surface area contributed by atoms with Crippen molar-refractivity contribution in [3.63, 3.8) is 0 Å². The number of benzene rings is 1. The van der Waals surface area contributed by atoms with E-state index >= 15 is 0 Å². The monoisotopic (exact) mass is 325 g/mol. The van der Waals surface area contributed by atoms with Crippen molar-refractivity contribution in [1.29, 1.82) is 0 Å². The Hall–Kier alpha value is -1.01. The number of piperidine rings is 1. The predicted octanol–water partition coefficient (Wildman–Crippen LogP) is 2.09. The van der Waals surface area contributed by atoms with Gasteiger partial charge >= 0.3 is 0 Å². The number of hydrogen-bond acceptors (Lipinski definition) is 4. The van der Waals surface area contributed by atoms with Gasteiger partial charge < -0.3 is 20.2 Å². The molecule has 1 heterocycles. The molecule has 1 aliphatic rings. The third-order valence-electron chi connectivity index (χ3n) is 4.98. The molecule has 1 aromatic carbocycles. The molecule has 5 heteroatoms. The van der Waals surface area contributed by atoms with Crippen LogP contribution in [0.1, 0.15) is 44.8 Å². The van der Waals surface area contributed by atoms with Crippen molar-refractivity contribution in [3.05, 3.63) is 35.6 Å². The van der Waals surface area contributed by atoms with Gasteiger partial charge in [0.15, 0.2) is 0 Å². The molecular formula is C18H28FNO3. The van der Waals surface area contributed by atoms with Gasteiger partial charge in [-0.1, -0.05) is 12.1 Å². The van der Waals surface area contributed by atoms with Gasteiger partial charge in [0.2, 0.25) is 0 Å². The van der Waals surface area contributed by atoms with E-state index in [1.165, 1.54) is 12.1 Å². The lowest BCUT2D eigenvalue weighted by atomic mass is 9.79. The van der Waals surface area contributed by atoms with Crippen LogP contribution in [-0.4, -0.2) is 51.6 Å². The van der Waals surface area contributed by atoms with E-state index in [4.69, 9.17) is 0 Å². The second-order valence-electron chi connectivity index (χ2n) is 6.96. The van der Waals surface area contributed by atoms with Crippen LogP contribution in [0.5, 0.6) is 0 Å². The van der Waals surface area contributed by atoms with Crippen molar-refractivity contribution in [2.24, 2.45) is 5.92 Å². The molecule has 1 aliphatic heterocycles. The highest BCUT2D eigenvalue weighted by Gasteiger charge is 2.39. The van der Waals surface area contributed by atoms with E-state index in [-0.39, 0.29) is 11.7 Å². The first-order valence-corrected chi connectivity index (χ1v) is 8.36. The van der Waals surface area contributed by atoms with Crippen LogP contribution in [0.3, 0.4) is 0 Å². The number of likely N-dealkylation sites (tertiary alicyclic amines) is 1. The van der Waals surface area contributed by atoms with Gasteiger partial charge in [0, 0.05) is 19.0 Å². The molecule has 0 amide bonds. The number of nitrogens with zero attached hydrogens (tertiary/aromatic N) is 1. The minimum absolute atomic E-state index is 0.154. The van der Waals surface area contributed by atoms with Gasteiger partial charge in [-0.05, 0) is 57.4 Å². The standard InChI is InChI=1S/C18H28FNO3/c1-13(21)16-12-20(11-9-18(16,2)23)10-3-4-17(22)14-5-7-15(19)8-6-14/h5-8,13,16-17,21-23H,3-4,9-12H2,1-2H3/t13?,16-,17?,18+/m1/s1. The minimum atomic E-state index is -0.821. The molecule has 4 nitrogen and oxygen atoms in total. The summed E-state index contributed by atoms with van der Waals surface area (Å²) in [6.07, 6.45) is 0.933. The van der Waals surface area contributed by atoms with Crippen LogP contribution >= 0.6 is 0 Å². The molecule has 0 radical (unpaired) electrons. The maximum atomic E-state index is 12.9. The van der Waals surface area contributed by atoms with E-state index in [9.17, 15) is 19.7 Å². The van der Waals surface area contributed by atoms with Crippen LogP contribution in [0.4, 0.5) is 4.39 Å². The van der Waals surface area contributed by atoms with E-state index < -0.39 is 17.8 Å². The third-order valence-corrected chi connectivity index (χ3v) is 4.98. The summed E-state index contributed by atoms with van der Waals surface area (Å²) in [5.74, 6) is -0.455. The smallest absolute Gasteiger partial charge is 0.123 e. The summed E-state index contributed by atoms with van der Waals surface area (Å²) in [6.45, 7) is 5.79. The van der Waals surface area contributed by atoms with Crippen LogP contribution < -0.4 is 0 Å². The van der Waals surface area contributed by atoms with Crippen molar-refractivity contribution < 1.29 is 19.7 Å². The Bertz CT molecular complexity index is 490. The Morgan fingerprint density at radius 2 is 1.96 bits per heavy atom. The van der Waals surface area contributed by atoms with Gasteiger partial charge in [-0.15, -0.1) is 0 Å². The second kappa shape index (κ2) is 7.71. The predicted molar refractivity (Wildman–Crippen MR) is 87.4 cm³/mol. The number of halogens is 1. The summed E-state index contributed by atoms with van der Waals surface area (Å²) >= 11 is 0. The van der Waals surface area contributed by atoms with Crippen molar-refractivity contribution in [2.75, 3.05) is 19.6 Å². The molecule has 1 aromatic rings. The van der Waals surface area contributed by atoms with E-state index in [2.05, 4.69) is 4.90 Å². The molecule has 23 heavy (non-hydrogen) atoms. The molecule has 2 unspecified atom stereocenters. The van der Waals surface area contributed by atoms with Crippen LogP contribution in [0.25, 0.3) is 0 Å². The topological polar surface area (TPSA) is 63.9 Å². The zero-order valence-electron chi connectivity index (χ0n) is 14.0. The number of hydrogen-bond donors (Lipinski definition) is 3. The Balaban J connectivity index is 1.79. The first-order valence-electron chi connectivity index (χ1n) is 8.36. The first-order chi connectivity index (χ1) is 10.8. The number of rotatable bonds is 6. The number of aliphatic hydroxyl groups excluding tert-OH is 2. The molecule has 1 fully saturated rings. The molecule has 0 aromatic heterocycles. The number of aliphatic hydroxyl groups is 3. The zero-order chi connectivity index (χ0) is 17.0. The lowest BCUT2D eigenvalue weighted by molar-refractivity contribution is -0.0990. The highest BCUT2D eigenvalue weighted by atomic mass is 19.1. The highest BCUT2D eigenvalue weighted by Crippen LogP contribution is 2.30. The van der Waals surface area contributed by atoms with Crippen LogP contribution in [0.2, 0.25) is 0 Å². The van der Waals surface area contributed by atoms with Crippen molar-refractivity contribution in [3.8, 4) is 0 Å². The van der Waals surface area contributed by atoms with Crippen LogP contribution in [0.15, 0.2) is 24.3 Å². The quantitative estimate of drug-likeness (QED) is 0.749. The molecule has 130 valence electrons. The summed E-state index contributed by atoms with van der Waals surface area (Å²) < 4.78 is 12.9. The largest absolute Gasteiger partial charge is 0.393 e. The molecule has 2 rings (SSSR count). The lowest BCUT2D eigenvalue weighted by Gasteiger charge is -2.44. The average Bonchev–Trinajstić information content (AvgIpc) is 2.48. The molecule has 0 bridgehead atoms. The van der Waals surface area contributed by atoms with Crippen LogP contribution in [-0.2, 0) is 0 Å². The molecule has 0 aliphatic carbocycles. The normalized spacial score (nSPS) is 28.5. The van der Waals surface area contributed by atoms with Gasteiger partial charge in [0.1, 0.15) is 5.82 Å². The first kappa shape index (κ1) is 18.3. The van der Waals surface area contributed by atoms with Crippen molar-refractivity contribution in [2.45, 2.75) is 50.9 Å². The Labute approximate surface area is 137 Å². The van der Waals surface area contributed by atoms with Gasteiger partial charge in [-0.3, -0.25) is 0 Å². The SMILES string of the molecule is CC(O)[C@H]1CN(CCCC(O)c2ccc(F)cc2)CC[C@]1(C)O. The molecule has 0 spiro atoms. The lowest BCUT2D eigenvalue weighted by Crippen LogP contribution is -2.54. The van der Waals surface area contributed by atoms with E-state index in [0.29, 0.717) is 19.4 Å². The van der Waals surface area contributed by atoms with Gasteiger partial charge in [0.25, 0.3) is 0 Å². The van der Waals surface area contributed by atoms with Gasteiger partial charge in [-0.25, -0.2) is 4.39 Å². The molecule has 4 atom stereocenters. The third kappa shape index (κ3) is 4.98. The van der Waals surface area contributed by atoms with E-state index in [1.54, 1.807) is 26.0 Å². The zero-order valence-corrected chi connectivity index (χ0v) is 14.0. The maximum Gasteiger partial charge on any atom is 0.123 e. The van der Waals surface area contributed by atoms with Crippen molar-refractivity contribution >= 4 is 0 Å². The Morgan fingerprint density at radius 1 is 1.30 bits per heavy atom. The molecule has 1 saturated heterocycles. The highest BCUT2D eigenvalue weighted by molar-refractivity contribution is 5.18. The van der Waals surface area contributed by atoms with Crippen molar-refractivity contribution in [1.82, 2.24) is 4.90 Å². The Morgan fingerprint density at radius 3 is 2.57 bits per heavy atom. The minimum Gasteiger partial charge on any atom is -0.393 e. The van der Waals surface area contributed by atoms with Gasteiger partial charge in [0.05, 0.1) is 17.8 Å². The summed E-state index contributed by atoms with van der Waals surface area (Å²) in [5, 5.41) is 30.4. The summed E-state index contributed by atoms with van der Waals surface area (Å²) in [7, 11) is 0. The summed E-state index contributed by atoms with van der Waals surface area (Å²) in [6, 6.07) is 5.94. The maximum absolute atomic E-state index is 12.9. The second-order valence-corrected chi connectivity index (χ2v) is 6.96. The fourth-order valence-corrected chi connectivity index (χ4v) is 3.37. The van der Waals surface area contributed by atoms with Crippen LogP contribution in [0, 0.1) is 11.7 Å². The Kier molecular flexibility index (Phi) is 6.14. The molecular weight excluding hydrogens is 297 g/mol.